The van der Waals surface area contributed by atoms with Crippen LogP contribution in [0.4, 0.5) is 4.79 Å². The highest BCUT2D eigenvalue weighted by atomic mass is 35.5. The van der Waals surface area contributed by atoms with Crippen molar-refractivity contribution in [2.75, 3.05) is 13.1 Å². The fourth-order valence-electron chi connectivity index (χ4n) is 10.1. The summed E-state index contributed by atoms with van der Waals surface area (Å²) >= 11 is 0. The molecule has 0 radical (unpaired) electrons. The van der Waals surface area contributed by atoms with Crippen LogP contribution in [0.1, 0.15) is 146 Å². The van der Waals surface area contributed by atoms with Crippen LogP contribution in [-0.4, -0.2) is 41.3 Å². The number of halogens is 2. The third-order valence-electron chi connectivity index (χ3n) is 12.8. The minimum absolute atomic E-state index is 0. The molecular formula is C38H71Cl2N3O2. The first kappa shape index (κ1) is 40.7. The van der Waals surface area contributed by atoms with Crippen LogP contribution in [-0.2, 0) is 4.74 Å². The topological polar surface area (TPSA) is 81.6 Å². The summed E-state index contributed by atoms with van der Waals surface area (Å²) in [6.45, 7) is 21.8. The molecular weight excluding hydrogens is 601 g/mol. The van der Waals surface area contributed by atoms with Gasteiger partial charge in [-0.1, -0.05) is 65.5 Å². The molecule has 0 aromatic carbocycles. The molecule has 4 aliphatic carbocycles. The molecule has 0 aliphatic heterocycles. The van der Waals surface area contributed by atoms with Crippen molar-refractivity contribution in [1.29, 1.82) is 0 Å². The van der Waals surface area contributed by atoms with Crippen LogP contribution in [0.5, 0.6) is 0 Å². The Labute approximate surface area is 290 Å². The maximum atomic E-state index is 13.5. The van der Waals surface area contributed by atoms with Gasteiger partial charge in [0.05, 0.1) is 0 Å². The predicted molar refractivity (Wildman–Crippen MR) is 195 cm³/mol. The van der Waals surface area contributed by atoms with Gasteiger partial charge in [0.2, 0.25) is 0 Å². The molecule has 0 aromatic heterocycles. The number of ether oxygens (including phenoxy) is 1. The summed E-state index contributed by atoms with van der Waals surface area (Å²) < 4.78 is 6.25. The third-order valence-corrected chi connectivity index (χ3v) is 12.8. The summed E-state index contributed by atoms with van der Waals surface area (Å²) in [5.41, 5.74) is 14.3. The Hall–Kier alpha value is -0.490. The molecule has 4 rings (SSSR count). The molecule has 0 bridgehead atoms. The molecule has 0 saturated heterocycles. The first-order chi connectivity index (χ1) is 19.9. The van der Waals surface area contributed by atoms with E-state index in [4.69, 9.17) is 16.2 Å². The van der Waals surface area contributed by atoms with E-state index < -0.39 is 0 Å². The van der Waals surface area contributed by atoms with Crippen molar-refractivity contribution in [3.05, 3.63) is 11.6 Å². The van der Waals surface area contributed by atoms with E-state index in [9.17, 15) is 4.79 Å². The molecule has 3 saturated carbocycles. The van der Waals surface area contributed by atoms with E-state index in [0.29, 0.717) is 18.5 Å². The number of nitrogens with zero attached hydrogens (tertiary/aromatic N) is 1. The van der Waals surface area contributed by atoms with Gasteiger partial charge in [-0.3, -0.25) is 0 Å². The standard InChI is InChI=1S/C38H69N3O2.2ClH/c1-26(2)11-10-12-27(3)31-15-16-32-30-14-13-28-25-29(17-19-37(28,8)33(30)18-20-38(31,32)9)43-34(42)41(23-21-35(4,5)39)24-22-36(6,7)40;;/h13,26-27,29-33H,10-12,14-25,39-40H2,1-9H3;2*1H/t27-,29?,30?,31?,32?,33?,37?,38?;;/m1../s1. The van der Waals surface area contributed by atoms with Gasteiger partial charge in [-0.25, -0.2) is 4.79 Å². The molecule has 1 amide bonds. The lowest BCUT2D eigenvalue weighted by Gasteiger charge is -2.58. The number of hydrogen-bond acceptors (Lipinski definition) is 4. The lowest BCUT2D eigenvalue weighted by Crippen LogP contribution is -2.51. The van der Waals surface area contributed by atoms with Crippen molar-refractivity contribution in [3.63, 3.8) is 0 Å². The highest BCUT2D eigenvalue weighted by Crippen LogP contribution is 2.67. The molecule has 45 heavy (non-hydrogen) atoms. The monoisotopic (exact) mass is 671 g/mol. The SMILES string of the molecule is CC(C)CCC[C@@H](C)C1CCC2C3CC=C4CC(OC(=O)N(CCC(C)(C)N)CCC(C)(C)N)CCC4(C)C3CCC21C.Cl.Cl. The summed E-state index contributed by atoms with van der Waals surface area (Å²) in [6.07, 6.45) is 18.0. The summed E-state index contributed by atoms with van der Waals surface area (Å²) in [7, 11) is 0. The smallest absolute Gasteiger partial charge is 0.410 e. The number of carbonyl (C=O) groups excluding carboxylic acids is 1. The Balaban J connectivity index is 0.00000353. The molecule has 4 N–H and O–H groups in total. The number of allylic oxidation sites excluding steroid dienone is 1. The Morgan fingerprint density at radius 2 is 1.56 bits per heavy atom. The maximum Gasteiger partial charge on any atom is 0.410 e. The Bertz CT molecular complexity index is 970. The highest BCUT2D eigenvalue weighted by Gasteiger charge is 2.59. The molecule has 5 nitrogen and oxygen atoms in total. The van der Waals surface area contributed by atoms with E-state index in [1.807, 2.05) is 32.6 Å². The zero-order valence-corrected chi connectivity index (χ0v) is 32.1. The van der Waals surface area contributed by atoms with E-state index in [1.54, 1.807) is 5.57 Å². The zero-order valence-electron chi connectivity index (χ0n) is 30.5. The van der Waals surface area contributed by atoms with E-state index in [1.165, 1.54) is 51.4 Å². The summed E-state index contributed by atoms with van der Waals surface area (Å²) in [5, 5.41) is 0. The molecule has 0 spiro atoms. The van der Waals surface area contributed by atoms with Gasteiger partial charge in [-0.05, 0) is 132 Å². The van der Waals surface area contributed by atoms with E-state index >= 15 is 0 Å². The second kappa shape index (κ2) is 15.8. The van der Waals surface area contributed by atoms with Crippen LogP contribution in [0.15, 0.2) is 11.6 Å². The number of hydrogen-bond donors (Lipinski definition) is 2. The van der Waals surface area contributed by atoms with Gasteiger partial charge >= 0.3 is 6.09 Å². The van der Waals surface area contributed by atoms with Crippen molar-refractivity contribution >= 4 is 30.9 Å². The minimum Gasteiger partial charge on any atom is -0.446 e. The van der Waals surface area contributed by atoms with Crippen LogP contribution in [0.2, 0.25) is 0 Å². The van der Waals surface area contributed by atoms with Gasteiger partial charge in [0.25, 0.3) is 0 Å². The van der Waals surface area contributed by atoms with E-state index in [-0.39, 0.29) is 53.5 Å². The normalized spacial score (nSPS) is 33.5. The zero-order chi connectivity index (χ0) is 31.8. The quantitative estimate of drug-likeness (QED) is 0.202. The maximum absolute atomic E-state index is 13.5. The number of rotatable bonds is 12. The molecule has 3 fully saturated rings. The van der Waals surface area contributed by atoms with Crippen molar-refractivity contribution in [1.82, 2.24) is 4.90 Å². The van der Waals surface area contributed by atoms with Crippen molar-refractivity contribution in [2.24, 2.45) is 57.8 Å². The average Bonchev–Trinajstić information content (AvgIpc) is 3.24. The Morgan fingerprint density at radius 3 is 2.13 bits per heavy atom. The van der Waals surface area contributed by atoms with Crippen LogP contribution >= 0.6 is 24.8 Å². The number of nitrogens with two attached hydrogens (primary N) is 2. The molecule has 7 heteroatoms. The van der Waals surface area contributed by atoms with Crippen molar-refractivity contribution in [2.45, 2.75) is 163 Å². The Morgan fingerprint density at radius 1 is 0.933 bits per heavy atom. The van der Waals surface area contributed by atoms with Gasteiger partial charge in [0.1, 0.15) is 6.10 Å². The molecule has 0 aromatic rings. The lowest BCUT2D eigenvalue weighted by molar-refractivity contribution is -0.0594. The van der Waals surface area contributed by atoms with Crippen LogP contribution in [0, 0.1) is 46.3 Å². The van der Waals surface area contributed by atoms with Crippen molar-refractivity contribution < 1.29 is 9.53 Å². The summed E-state index contributed by atoms with van der Waals surface area (Å²) in [4.78, 5) is 15.3. The highest BCUT2D eigenvalue weighted by molar-refractivity contribution is 5.85. The fraction of sp³-hybridized carbons (Fsp3) is 0.921. The number of fused-ring (bicyclic) bond motifs is 5. The second-order valence-electron chi connectivity index (χ2n) is 18.0. The third kappa shape index (κ3) is 9.79. The van der Waals surface area contributed by atoms with E-state index in [0.717, 1.165) is 67.6 Å². The summed E-state index contributed by atoms with van der Waals surface area (Å²) in [5.74, 6) is 5.06. The van der Waals surface area contributed by atoms with Crippen molar-refractivity contribution in [3.8, 4) is 0 Å². The Kier molecular flexibility index (Phi) is 14.3. The molecule has 4 aliphatic rings. The molecule has 8 atom stereocenters. The predicted octanol–water partition coefficient (Wildman–Crippen LogP) is 9.93. The fourth-order valence-corrected chi connectivity index (χ4v) is 10.1. The minimum atomic E-state index is -0.325. The molecule has 7 unspecified atom stereocenters. The van der Waals surface area contributed by atoms with Gasteiger partial charge in [-0.2, -0.15) is 0 Å². The van der Waals surface area contributed by atoms with Crippen LogP contribution < -0.4 is 11.5 Å². The molecule has 264 valence electrons. The van der Waals surface area contributed by atoms with Gasteiger partial charge < -0.3 is 21.1 Å². The molecule has 0 heterocycles. The second-order valence-corrected chi connectivity index (χ2v) is 18.0. The van der Waals surface area contributed by atoms with Crippen LogP contribution in [0.25, 0.3) is 0 Å². The first-order valence-corrected chi connectivity index (χ1v) is 18.2. The lowest BCUT2D eigenvalue weighted by atomic mass is 9.47. The number of amides is 1. The largest absolute Gasteiger partial charge is 0.446 e. The average molecular weight is 673 g/mol. The number of carbonyl (C=O) groups is 1. The van der Waals surface area contributed by atoms with E-state index in [2.05, 4.69) is 40.7 Å². The van der Waals surface area contributed by atoms with Crippen LogP contribution in [0.3, 0.4) is 0 Å². The van der Waals surface area contributed by atoms with Gasteiger partial charge in [0, 0.05) is 30.6 Å². The van der Waals surface area contributed by atoms with Gasteiger partial charge in [-0.15, -0.1) is 24.8 Å². The van der Waals surface area contributed by atoms with Gasteiger partial charge in [0.15, 0.2) is 0 Å². The summed E-state index contributed by atoms with van der Waals surface area (Å²) in [6, 6.07) is 0. The first-order valence-electron chi connectivity index (χ1n) is 18.2.